The number of hydrogen-bond acceptors (Lipinski definition) is 2. The van der Waals surface area contributed by atoms with E-state index in [-0.39, 0.29) is 18.4 Å². The van der Waals surface area contributed by atoms with E-state index in [1.807, 2.05) is 6.92 Å². The summed E-state index contributed by atoms with van der Waals surface area (Å²) in [4.78, 5) is 10.2. The molecule has 0 saturated heterocycles. The zero-order valence-corrected chi connectivity index (χ0v) is 6.42. The van der Waals surface area contributed by atoms with Crippen molar-refractivity contribution >= 4 is 11.9 Å². The van der Waals surface area contributed by atoms with Gasteiger partial charge in [0.25, 0.3) is 0 Å². The van der Waals surface area contributed by atoms with Crippen LogP contribution in [0.25, 0.3) is 0 Å². The zero-order chi connectivity index (χ0) is 8.85. The predicted octanol–water partition coefficient (Wildman–Crippen LogP) is -0.277. The van der Waals surface area contributed by atoms with Crippen molar-refractivity contribution < 1.29 is 9.90 Å². The van der Waals surface area contributed by atoms with E-state index in [0.717, 1.165) is 0 Å². The van der Waals surface area contributed by atoms with Crippen LogP contribution < -0.4 is 11.1 Å². The fourth-order valence-corrected chi connectivity index (χ4v) is 0.728. The smallest absolute Gasteiger partial charge is 0.305 e. The molecule has 0 unspecified atom stereocenters. The van der Waals surface area contributed by atoms with Gasteiger partial charge in [-0.25, -0.2) is 0 Å². The molecule has 0 aliphatic rings. The Morgan fingerprint density at radius 2 is 2.36 bits per heavy atom. The first kappa shape index (κ1) is 9.74. The highest BCUT2D eigenvalue weighted by atomic mass is 16.4. The number of rotatable bonds is 4. The predicted molar refractivity (Wildman–Crippen MR) is 41.4 cm³/mol. The molecule has 5 heteroatoms. The molecule has 64 valence electrons. The van der Waals surface area contributed by atoms with Gasteiger partial charge in [-0.3, -0.25) is 10.2 Å². The van der Waals surface area contributed by atoms with Gasteiger partial charge in [0.1, 0.15) is 0 Å². The minimum absolute atomic E-state index is 0.00389. The van der Waals surface area contributed by atoms with Gasteiger partial charge in [-0.2, -0.15) is 0 Å². The van der Waals surface area contributed by atoms with E-state index in [0.29, 0.717) is 6.42 Å². The Hall–Kier alpha value is -1.26. The molecule has 0 saturated carbocycles. The van der Waals surface area contributed by atoms with E-state index in [1.165, 1.54) is 0 Å². The maximum absolute atomic E-state index is 10.2. The average molecular weight is 159 g/mol. The molecule has 0 aliphatic carbocycles. The van der Waals surface area contributed by atoms with Crippen molar-refractivity contribution in [1.82, 2.24) is 5.32 Å². The monoisotopic (exact) mass is 159 g/mol. The summed E-state index contributed by atoms with van der Waals surface area (Å²) in [5.41, 5.74) is 5.02. The molecule has 0 spiro atoms. The number of aliphatic carboxylic acids is 1. The lowest BCUT2D eigenvalue weighted by molar-refractivity contribution is -0.137. The molecule has 0 aromatic heterocycles. The van der Waals surface area contributed by atoms with Gasteiger partial charge in [-0.05, 0) is 6.42 Å². The van der Waals surface area contributed by atoms with Crippen molar-refractivity contribution in [2.75, 3.05) is 0 Å². The van der Waals surface area contributed by atoms with Crippen LogP contribution >= 0.6 is 0 Å². The Bertz CT molecular complexity index is 142. The molecule has 0 radical (unpaired) electrons. The van der Waals surface area contributed by atoms with Gasteiger partial charge in [-0.15, -0.1) is 0 Å². The summed E-state index contributed by atoms with van der Waals surface area (Å²) >= 11 is 0. The summed E-state index contributed by atoms with van der Waals surface area (Å²) in [6, 6.07) is -0.231. The van der Waals surface area contributed by atoms with Crippen molar-refractivity contribution in [3.05, 3.63) is 0 Å². The second kappa shape index (κ2) is 4.54. The lowest BCUT2D eigenvalue weighted by Crippen LogP contribution is -2.40. The largest absolute Gasteiger partial charge is 0.481 e. The van der Waals surface area contributed by atoms with Crippen LogP contribution in [0, 0.1) is 5.41 Å². The maximum atomic E-state index is 10.2. The quantitative estimate of drug-likeness (QED) is 0.335. The van der Waals surface area contributed by atoms with Crippen LogP contribution in [0.1, 0.15) is 19.8 Å². The molecule has 11 heavy (non-hydrogen) atoms. The Kier molecular flexibility index (Phi) is 4.02. The second-order valence-corrected chi connectivity index (χ2v) is 2.26. The van der Waals surface area contributed by atoms with Gasteiger partial charge in [0.15, 0.2) is 5.96 Å². The first-order valence-corrected chi connectivity index (χ1v) is 3.38. The third kappa shape index (κ3) is 5.20. The van der Waals surface area contributed by atoms with Crippen molar-refractivity contribution in [2.45, 2.75) is 25.8 Å². The van der Waals surface area contributed by atoms with Crippen molar-refractivity contribution in [3.63, 3.8) is 0 Å². The summed E-state index contributed by atoms with van der Waals surface area (Å²) in [6.45, 7) is 1.84. The molecular weight excluding hydrogens is 146 g/mol. The zero-order valence-electron chi connectivity index (χ0n) is 6.42. The van der Waals surface area contributed by atoms with E-state index < -0.39 is 5.97 Å². The van der Waals surface area contributed by atoms with Crippen molar-refractivity contribution in [1.29, 1.82) is 5.41 Å². The highest BCUT2D eigenvalue weighted by Gasteiger charge is 2.10. The molecule has 0 amide bonds. The number of nitrogens with one attached hydrogen (secondary N) is 2. The molecule has 0 rings (SSSR count). The van der Waals surface area contributed by atoms with Gasteiger partial charge in [0.2, 0.25) is 0 Å². The summed E-state index contributed by atoms with van der Waals surface area (Å²) < 4.78 is 0. The van der Waals surface area contributed by atoms with Crippen LogP contribution in [-0.2, 0) is 4.79 Å². The van der Waals surface area contributed by atoms with E-state index in [2.05, 4.69) is 5.32 Å². The SMILES string of the molecule is CC[C@H](CC(=O)O)NC(=N)N. The Labute approximate surface area is 65.1 Å². The Morgan fingerprint density at radius 3 is 2.64 bits per heavy atom. The number of carboxylic acids is 1. The molecule has 0 aromatic rings. The van der Waals surface area contributed by atoms with Crippen LogP contribution in [0.15, 0.2) is 0 Å². The maximum Gasteiger partial charge on any atom is 0.305 e. The van der Waals surface area contributed by atoms with Gasteiger partial charge < -0.3 is 16.2 Å². The lowest BCUT2D eigenvalue weighted by Gasteiger charge is -2.13. The Morgan fingerprint density at radius 1 is 1.82 bits per heavy atom. The molecule has 0 fully saturated rings. The number of nitrogens with two attached hydrogens (primary N) is 1. The first-order chi connectivity index (χ1) is 5.06. The van der Waals surface area contributed by atoms with Crippen LogP contribution in [0.2, 0.25) is 0 Å². The van der Waals surface area contributed by atoms with Gasteiger partial charge in [-0.1, -0.05) is 6.92 Å². The molecule has 0 aromatic carbocycles. The van der Waals surface area contributed by atoms with E-state index in [9.17, 15) is 4.79 Å². The van der Waals surface area contributed by atoms with Crippen molar-refractivity contribution in [2.24, 2.45) is 5.73 Å². The number of carbonyl (C=O) groups is 1. The molecular formula is C6H13N3O2. The third-order valence-electron chi connectivity index (χ3n) is 1.27. The fourth-order valence-electron chi connectivity index (χ4n) is 0.728. The minimum Gasteiger partial charge on any atom is -0.481 e. The number of hydrogen-bond donors (Lipinski definition) is 4. The van der Waals surface area contributed by atoms with E-state index >= 15 is 0 Å². The van der Waals surface area contributed by atoms with Gasteiger partial charge in [0.05, 0.1) is 6.42 Å². The average Bonchev–Trinajstić information content (AvgIpc) is 1.84. The third-order valence-corrected chi connectivity index (χ3v) is 1.27. The van der Waals surface area contributed by atoms with Crippen LogP contribution in [0.3, 0.4) is 0 Å². The fraction of sp³-hybridized carbons (Fsp3) is 0.667. The van der Waals surface area contributed by atoms with Crippen molar-refractivity contribution in [3.8, 4) is 0 Å². The van der Waals surface area contributed by atoms with Gasteiger partial charge in [0, 0.05) is 6.04 Å². The van der Waals surface area contributed by atoms with Gasteiger partial charge >= 0.3 is 5.97 Å². The summed E-state index contributed by atoms with van der Waals surface area (Å²) in [6.07, 6.45) is 0.641. The Balaban J connectivity index is 3.76. The molecule has 0 bridgehead atoms. The summed E-state index contributed by atoms with van der Waals surface area (Å²) in [7, 11) is 0. The topological polar surface area (TPSA) is 99.2 Å². The molecule has 0 heterocycles. The summed E-state index contributed by atoms with van der Waals surface area (Å²) in [5.74, 6) is -1.07. The lowest BCUT2D eigenvalue weighted by atomic mass is 10.1. The molecule has 5 nitrogen and oxygen atoms in total. The highest BCUT2D eigenvalue weighted by molar-refractivity contribution is 5.75. The second-order valence-electron chi connectivity index (χ2n) is 2.26. The molecule has 1 atom stereocenters. The number of carboxylic acid groups (broad SMARTS) is 1. The summed E-state index contributed by atoms with van der Waals surface area (Å²) in [5, 5.41) is 17.8. The normalized spacial score (nSPS) is 12.1. The number of guanidine groups is 1. The standard InChI is InChI=1S/C6H13N3O2/c1-2-4(3-5(10)11)9-6(7)8/h4H,2-3H2,1H3,(H,10,11)(H4,7,8,9)/t4-/m1/s1. The van der Waals surface area contributed by atoms with Crippen LogP contribution in [0.4, 0.5) is 0 Å². The van der Waals surface area contributed by atoms with E-state index in [1.54, 1.807) is 0 Å². The van der Waals surface area contributed by atoms with Crippen LogP contribution in [-0.4, -0.2) is 23.1 Å². The van der Waals surface area contributed by atoms with E-state index in [4.69, 9.17) is 16.2 Å². The molecule has 0 aliphatic heterocycles. The minimum atomic E-state index is -0.884. The highest BCUT2D eigenvalue weighted by Crippen LogP contribution is 1.95. The van der Waals surface area contributed by atoms with Crippen LogP contribution in [0.5, 0.6) is 0 Å². The molecule has 5 N–H and O–H groups in total. The first-order valence-electron chi connectivity index (χ1n) is 3.38.